The maximum atomic E-state index is 11.1. The van der Waals surface area contributed by atoms with Gasteiger partial charge in [-0.3, -0.25) is 4.79 Å². The van der Waals surface area contributed by atoms with Gasteiger partial charge in [-0.25, -0.2) is 0 Å². The van der Waals surface area contributed by atoms with Crippen molar-refractivity contribution in [1.82, 2.24) is 5.32 Å². The molecule has 0 fully saturated rings. The number of amides is 1. The number of hydrogen-bond acceptors (Lipinski definition) is 3. The van der Waals surface area contributed by atoms with Crippen LogP contribution in [0.5, 0.6) is 5.75 Å². The summed E-state index contributed by atoms with van der Waals surface area (Å²) in [5.41, 5.74) is 6.13. The van der Waals surface area contributed by atoms with E-state index in [1.54, 1.807) is 7.05 Å². The number of carbonyl (C=O) groups is 1. The van der Waals surface area contributed by atoms with Crippen LogP contribution in [0.25, 0.3) is 0 Å². The summed E-state index contributed by atoms with van der Waals surface area (Å²) >= 11 is 0. The van der Waals surface area contributed by atoms with Crippen LogP contribution in [0.3, 0.4) is 0 Å². The first-order valence-corrected chi connectivity index (χ1v) is 6.06. The normalized spacial score (nSPS) is 13.1. The summed E-state index contributed by atoms with van der Waals surface area (Å²) in [5, 5.41) is 2.90. The van der Waals surface area contributed by atoms with E-state index in [0.29, 0.717) is 6.42 Å². The van der Waals surface area contributed by atoms with Crippen LogP contribution in [0.15, 0.2) is 24.3 Å². The topological polar surface area (TPSA) is 64.3 Å². The van der Waals surface area contributed by atoms with Crippen molar-refractivity contribution in [3.63, 3.8) is 0 Å². The van der Waals surface area contributed by atoms with Gasteiger partial charge in [0.1, 0.15) is 11.4 Å². The molecule has 0 heterocycles. The average molecular weight is 250 g/mol. The van der Waals surface area contributed by atoms with Gasteiger partial charge >= 0.3 is 0 Å². The summed E-state index contributed by atoms with van der Waals surface area (Å²) in [6.45, 7) is 6.01. The van der Waals surface area contributed by atoms with E-state index in [1.807, 2.05) is 45.0 Å². The Labute approximate surface area is 109 Å². The highest BCUT2D eigenvalue weighted by Crippen LogP contribution is 2.19. The van der Waals surface area contributed by atoms with E-state index < -0.39 is 0 Å². The van der Waals surface area contributed by atoms with E-state index >= 15 is 0 Å². The zero-order valence-electron chi connectivity index (χ0n) is 11.5. The third-order valence-electron chi connectivity index (χ3n) is 2.48. The fourth-order valence-corrected chi connectivity index (χ4v) is 1.63. The van der Waals surface area contributed by atoms with Crippen LogP contribution in [0.2, 0.25) is 0 Å². The molecule has 3 N–H and O–H groups in total. The molecule has 0 saturated heterocycles. The van der Waals surface area contributed by atoms with Crippen LogP contribution in [0.1, 0.15) is 26.3 Å². The first-order valence-electron chi connectivity index (χ1n) is 6.06. The van der Waals surface area contributed by atoms with E-state index in [4.69, 9.17) is 10.5 Å². The zero-order valence-corrected chi connectivity index (χ0v) is 11.5. The molecule has 0 spiro atoms. The molecule has 0 aliphatic rings. The molecule has 0 saturated carbocycles. The molecule has 0 radical (unpaired) electrons. The third-order valence-corrected chi connectivity index (χ3v) is 2.48. The lowest BCUT2D eigenvalue weighted by molar-refractivity contribution is -0.119. The van der Waals surface area contributed by atoms with Crippen molar-refractivity contribution in [3.05, 3.63) is 29.8 Å². The number of primary amides is 1. The zero-order chi connectivity index (χ0) is 13.8. The molecular weight excluding hydrogens is 228 g/mol. The smallest absolute Gasteiger partial charge is 0.234 e. The number of nitrogens with two attached hydrogens (primary N) is 1. The molecule has 1 aromatic carbocycles. The Hall–Kier alpha value is -1.55. The van der Waals surface area contributed by atoms with Gasteiger partial charge in [0.15, 0.2) is 0 Å². The predicted molar refractivity (Wildman–Crippen MR) is 72.6 cm³/mol. The number of rotatable bonds is 5. The van der Waals surface area contributed by atoms with Gasteiger partial charge in [-0.05, 0) is 51.9 Å². The Morgan fingerprint density at radius 1 is 1.33 bits per heavy atom. The maximum absolute atomic E-state index is 11.1. The van der Waals surface area contributed by atoms with Crippen LogP contribution >= 0.6 is 0 Å². The number of nitrogens with one attached hydrogen (secondary N) is 1. The Morgan fingerprint density at radius 2 is 1.89 bits per heavy atom. The van der Waals surface area contributed by atoms with E-state index in [2.05, 4.69) is 5.32 Å². The predicted octanol–water partition coefficient (Wildman–Crippen LogP) is 1.48. The first kappa shape index (κ1) is 14.5. The van der Waals surface area contributed by atoms with Crippen LogP contribution in [0, 0.1) is 0 Å². The van der Waals surface area contributed by atoms with Gasteiger partial charge in [0.05, 0.1) is 6.04 Å². The van der Waals surface area contributed by atoms with Crippen molar-refractivity contribution in [2.24, 2.45) is 5.73 Å². The summed E-state index contributed by atoms with van der Waals surface area (Å²) in [6, 6.07) is 7.39. The summed E-state index contributed by atoms with van der Waals surface area (Å²) in [7, 11) is 1.73. The van der Waals surface area contributed by atoms with Gasteiger partial charge in [-0.1, -0.05) is 12.1 Å². The molecule has 0 aliphatic heterocycles. The number of carbonyl (C=O) groups excluding carboxylic acids is 1. The Morgan fingerprint density at radius 3 is 2.28 bits per heavy atom. The standard InChI is InChI=1S/C14H22N2O2/c1-14(2,3)18-11-7-5-10(6-8-11)9-12(16-4)13(15)17/h5-8,12,16H,9H2,1-4H3,(H2,15,17)/t12-/m0/s1. The molecule has 1 atom stereocenters. The number of hydrogen-bond donors (Lipinski definition) is 2. The molecule has 1 amide bonds. The van der Waals surface area contributed by atoms with Crippen molar-refractivity contribution in [2.45, 2.75) is 38.8 Å². The molecule has 0 aliphatic carbocycles. The monoisotopic (exact) mass is 250 g/mol. The second kappa shape index (κ2) is 5.87. The van der Waals surface area contributed by atoms with Gasteiger partial charge in [0.25, 0.3) is 0 Å². The highest BCUT2D eigenvalue weighted by molar-refractivity contribution is 5.80. The highest BCUT2D eigenvalue weighted by Gasteiger charge is 2.14. The molecule has 4 nitrogen and oxygen atoms in total. The van der Waals surface area contributed by atoms with Gasteiger partial charge in [-0.15, -0.1) is 0 Å². The highest BCUT2D eigenvalue weighted by atomic mass is 16.5. The van der Waals surface area contributed by atoms with Gasteiger partial charge in [0, 0.05) is 0 Å². The summed E-state index contributed by atoms with van der Waals surface area (Å²) in [5.74, 6) is 0.485. The van der Waals surface area contributed by atoms with E-state index in [1.165, 1.54) is 0 Å². The maximum Gasteiger partial charge on any atom is 0.234 e. The molecule has 0 unspecified atom stereocenters. The van der Waals surface area contributed by atoms with Crippen LogP contribution in [-0.2, 0) is 11.2 Å². The van der Waals surface area contributed by atoms with Crippen molar-refractivity contribution >= 4 is 5.91 Å². The lowest BCUT2D eigenvalue weighted by atomic mass is 10.1. The Balaban J connectivity index is 2.68. The van der Waals surface area contributed by atoms with E-state index in [9.17, 15) is 4.79 Å². The molecule has 0 aromatic heterocycles. The van der Waals surface area contributed by atoms with Crippen molar-refractivity contribution in [2.75, 3.05) is 7.05 Å². The van der Waals surface area contributed by atoms with Crippen molar-refractivity contribution in [1.29, 1.82) is 0 Å². The minimum Gasteiger partial charge on any atom is -0.488 e. The fraction of sp³-hybridized carbons (Fsp3) is 0.500. The van der Waals surface area contributed by atoms with Gasteiger partial charge < -0.3 is 15.8 Å². The largest absolute Gasteiger partial charge is 0.488 e. The summed E-state index contributed by atoms with van der Waals surface area (Å²) < 4.78 is 5.73. The average Bonchev–Trinajstić information content (AvgIpc) is 2.25. The molecule has 1 aromatic rings. The number of ether oxygens (including phenoxy) is 1. The molecule has 0 bridgehead atoms. The number of benzene rings is 1. The quantitative estimate of drug-likeness (QED) is 0.832. The van der Waals surface area contributed by atoms with E-state index in [-0.39, 0.29) is 17.6 Å². The Bertz CT molecular complexity index is 393. The molecule has 1 rings (SSSR count). The number of likely N-dealkylation sites (N-methyl/N-ethyl adjacent to an activating group) is 1. The fourth-order valence-electron chi connectivity index (χ4n) is 1.63. The first-order chi connectivity index (χ1) is 8.31. The second-order valence-electron chi connectivity index (χ2n) is 5.31. The second-order valence-corrected chi connectivity index (χ2v) is 5.31. The molecule has 100 valence electrons. The van der Waals surface area contributed by atoms with Crippen molar-refractivity contribution in [3.8, 4) is 5.75 Å². The van der Waals surface area contributed by atoms with Crippen molar-refractivity contribution < 1.29 is 9.53 Å². The molecule has 4 heteroatoms. The van der Waals surface area contributed by atoms with Gasteiger partial charge in [-0.2, -0.15) is 0 Å². The molecular formula is C14H22N2O2. The summed E-state index contributed by atoms with van der Waals surface area (Å²) in [6.07, 6.45) is 0.585. The Kier molecular flexibility index (Phi) is 4.73. The lowest BCUT2D eigenvalue weighted by Gasteiger charge is -2.21. The SMILES string of the molecule is CN[C@@H](Cc1ccc(OC(C)(C)C)cc1)C(N)=O. The summed E-state index contributed by atoms with van der Waals surface area (Å²) in [4.78, 5) is 11.1. The van der Waals surface area contributed by atoms with Crippen LogP contribution in [0.4, 0.5) is 0 Å². The van der Waals surface area contributed by atoms with E-state index in [0.717, 1.165) is 11.3 Å². The lowest BCUT2D eigenvalue weighted by Crippen LogP contribution is -2.40. The van der Waals surface area contributed by atoms with Gasteiger partial charge in [0.2, 0.25) is 5.91 Å². The molecule has 18 heavy (non-hydrogen) atoms. The third kappa shape index (κ3) is 4.75. The van der Waals surface area contributed by atoms with Crippen LogP contribution < -0.4 is 15.8 Å². The minimum absolute atomic E-state index is 0.206. The van der Waals surface area contributed by atoms with Crippen LogP contribution in [-0.4, -0.2) is 24.6 Å². The minimum atomic E-state index is -0.340.